The fourth-order valence-corrected chi connectivity index (χ4v) is 4.83. The Hall–Kier alpha value is -3.16. The normalized spacial score (nSPS) is 18.2. The molecule has 5 rings (SSSR count). The highest BCUT2D eigenvalue weighted by molar-refractivity contribution is 7.12. The Morgan fingerprint density at radius 1 is 1.03 bits per heavy atom. The summed E-state index contributed by atoms with van der Waals surface area (Å²) < 4.78 is 0. The van der Waals surface area contributed by atoms with E-state index in [0.717, 1.165) is 11.1 Å². The Bertz CT molecular complexity index is 1180. The SMILES string of the molecule is O=C1Nc2ccc(-c3ccc(Cl)cc3)cc2C(=O)N2CCN(C(=O)c3cccs3)C[C@H]12. The first-order valence-electron chi connectivity index (χ1n) is 9.86. The molecule has 3 aromatic rings. The number of hydrogen-bond acceptors (Lipinski definition) is 4. The van der Waals surface area contributed by atoms with E-state index in [-0.39, 0.29) is 24.3 Å². The molecule has 31 heavy (non-hydrogen) atoms. The van der Waals surface area contributed by atoms with E-state index in [1.807, 2.05) is 29.6 Å². The topological polar surface area (TPSA) is 69.7 Å². The average molecular weight is 452 g/mol. The number of nitrogens with zero attached hydrogens (tertiary/aromatic N) is 2. The molecule has 1 fully saturated rings. The quantitative estimate of drug-likeness (QED) is 0.640. The first-order chi connectivity index (χ1) is 15.0. The number of carbonyl (C=O) groups is 3. The van der Waals surface area contributed by atoms with Gasteiger partial charge in [-0.25, -0.2) is 0 Å². The van der Waals surface area contributed by atoms with Crippen molar-refractivity contribution in [2.45, 2.75) is 6.04 Å². The van der Waals surface area contributed by atoms with E-state index in [4.69, 9.17) is 11.6 Å². The zero-order valence-corrected chi connectivity index (χ0v) is 17.9. The minimum atomic E-state index is -0.725. The van der Waals surface area contributed by atoms with E-state index in [1.165, 1.54) is 11.3 Å². The standard InChI is InChI=1S/C23H18ClN3O3S/c24-16-6-3-14(4-7-16)15-5-8-18-17(12-15)22(29)27-10-9-26(13-19(27)21(28)25-18)23(30)20-2-1-11-31-20/h1-8,11-12,19H,9-10,13H2,(H,25,28)/t19-/m1/s1. The first-order valence-corrected chi connectivity index (χ1v) is 11.1. The third kappa shape index (κ3) is 3.60. The highest BCUT2D eigenvalue weighted by atomic mass is 35.5. The van der Waals surface area contributed by atoms with E-state index < -0.39 is 6.04 Å². The zero-order valence-electron chi connectivity index (χ0n) is 16.4. The number of benzene rings is 2. The fraction of sp³-hybridized carbons (Fsp3) is 0.174. The Balaban J connectivity index is 1.44. The number of halogens is 1. The number of amides is 3. The summed E-state index contributed by atoms with van der Waals surface area (Å²) in [6.07, 6.45) is 0. The molecule has 2 aromatic carbocycles. The summed E-state index contributed by atoms with van der Waals surface area (Å²) in [6, 6.07) is 15.7. The van der Waals surface area contributed by atoms with E-state index >= 15 is 0 Å². The maximum Gasteiger partial charge on any atom is 0.264 e. The van der Waals surface area contributed by atoms with E-state index in [2.05, 4.69) is 5.32 Å². The molecule has 1 atom stereocenters. The number of hydrogen-bond donors (Lipinski definition) is 1. The van der Waals surface area contributed by atoms with E-state index in [1.54, 1.807) is 40.1 Å². The lowest BCUT2D eigenvalue weighted by molar-refractivity contribution is -0.121. The van der Waals surface area contributed by atoms with Crippen molar-refractivity contribution < 1.29 is 14.4 Å². The Labute approximate surface area is 188 Å². The maximum absolute atomic E-state index is 13.4. The lowest BCUT2D eigenvalue weighted by atomic mass is 10.0. The number of anilines is 1. The van der Waals surface area contributed by atoms with Gasteiger partial charge in [0.15, 0.2) is 0 Å². The number of nitrogens with one attached hydrogen (secondary N) is 1. The molecule has 6 nitrogen and oxygen atoms in total. The van der Waals surface area contributed by atoms with Crippen LogP contribution in [-0.4, -0.2) is 53.2 Å². The van der Waals surface area contributed by atoms with E-state index in [0.29, 0.717) is 34.2 Å². The summed E-state index contributed by atoms with van der Waals surface area (Å²) in [4.78, 5) is 42.9. The molecule has 3 heterocycles. The third-order valence-corrected chi connectivity index (χ3v) is 6.76. The molecule has 0 radical (unpaired) electrons. The van der Waals surface area contributed by atoms with Gasteiger partial charge in [-0.05, 0) is 46.8 Å². The summed E-state index contributed by atoms with van der Waals surface area (Å²) in [5, 5.41) is 5.36. The highest BCUT2D eigenvalue weighted by Crippen LogP contribution is 2.31. The number of carbonyl (C=O) groups excluding carboxylic acids is 3. The van der Waals surface area contributed by atoms with Crippen LogP contribution in [0, 0.1) is 0 Å². The highest BCUT2D eigenvalue weighted by Gasteiger charge is 2.40. The van der Waals surface area contributed by atoms with Gasteiger partial charge in [-0.2, -0.15) is 0 Å². The van der Waals surface area contributed by atoms with Crippen LogP contribution in [0.2, 0.25) is 5.02 Å². The molecule has 0 aliphatic carbocycles. The molecule has 8 heteroatoms. The van der Waals surface area contributed by atoms with E-state index in [9.17, 15) is 14.4 Å². The monoisotopic (exact) mass is 451 g/mol. The average Bonchev–Trinajstić information content (AvgIpc) is 3.30. The Morgan fingerprint density at radius 3 is 2.55 bits per heavy atom. The third-order valence-electron chi connectivity index (χ3n) is 5.65. The van der Waals surface area contributed by atoms with Crippen molar-refractivity contribution in [2.75, 3.05) is 25.0 Å². The molecule has 0 saturated carbocycles. The van der Waals surface area contributed by atoms with Crippen molar-refractivity contribution in [1.82, 2.24) is 9.80 Å². The molecule has 0 bridgehead atoms. The van der Waals surface area contributed by atoms with Crippen molar-refractivity contribution in [2.24, 2.45) is 0 Å². The van der Waals surface area contributed by atoms with Crippen molar-refractivity contribution in [3.8, 4) is 11.1 Å². The molecule has 2 aliphatic heterocycles. The second-order valence-corrected chi connectivity index (χ2v) is 8.88. The molecule has 156 valence electrons. The van der Waals surface area contributed by atoms with Gasteiger partial charge in [-0.15, -0.1) is 11.3 Å². The van der Waals surface area contributed by atoms with Gasteiger partial charge < -0.3 is 15.1 Å². The number of thiophene rings is 1. The molecule has 1 N–H and O–H groups in total. The summed E-state index contributed by atoms with van der Waals surface area (Å²) in [5.41, 5.74) is 2.72. The number of fused-ring (bicyclic) bond motifs is 2. The zero-order chi connectivity index (χ0) is 21.5. The van der Waals surface area contributed by atoms with Gasteiger partial charge in [0.05, 0.1) is 22.7 Å². The second kappa shape index (κ2) is 7.83. The summed E-state index contributed by atoms with van der Waals surface area (Å²) >= 11 is 7.35. The second-order valence-electron chi connectivity index (χ2n) is 7.50. The fourth-order valence-electron chi connectivity index (χ4n) is 4.01. The molecule has 0 spiro atoms. The van der Waals surface area contributed by atoms with Crippen molar-refractivity contribution in [1.29, 1.82) is 0 Å². The van der Waals surface area contributed by atoms with Crippen molar-refractivity contribution in [3.05, 3.63) is 75.4 Å². The largest absolute Gasteiger partial charge is 0.334 e. The molecule has 1 saturated heterocycles. The van der Waals surface area contributed by atoms with Crippen LogP contribution in [0.5, 0.6) is 0 Å². The van der Waals surface area contributed by atoms with Gasteiger partial charge in [0.2, 0.25) is 5.91 Å². The predicted octanol–water partition coefficient (Wildman–Crippen LogP) is 3.99. The molecule has 0 unspecified atom stereocenters. The lowest BCUT2D eigenvalue weighted by Gasteiger charge is -2.39. The summed E-state index contributed by atoms with van der Waals surface area (Å²) in [7, 11) is 0. The summed E-state index contributed by atoms with van der Waals surface area (Å²) in [6.45, 7) is 0.865. The van der Waals surface area contributed by atoms with Gasteiger partial charge in [-0.3, -0.25) is 14.4 Å². The molecular weight excluding hydrogens is 434 g/mol. The van der Waals surface area contributed by atoms with Crippen molar-refractivity contribution in [3.63, 3.8) is 0 Å². The van der Waals surface area contributed by atoms with Crippen LogP contribution in [0.4, 0.5) is 5.69 Å². The van der Waals surface area contributed by atoms with Crippen LogP contribution < -0.4 is 5.32 Å². The number of rotatable bonds is 2. The lowest BCUT2D eigenvalue weighted by Crippen LogP contribution is -2.59. The van der Waals surface area contributed by atoms with Crippen LogP contribution in [-0.2, 0) is 4.79 Å². The Kier molecular flexibility index (Phi) is 5.00. The van der Waals surface area contributed by atoms with Gasteiger partial charge in [-0.1, -0.05) is 35.9 Å². The number of piperazine rings is 1. The molecule has 2 aliphatic rings. The predicted molar refractivity (Wildman–Crippen MR) is 121 cm³/mol. The molecular formula is C23H18ClN3O3S. The maximum atomic E-state index is 13.4. The summed E-state index contributed by atoms with van der Waals surface area (Å²) in [5.74, 6) is -0.603. The van der Waals surface area contributed by atoms with Crippen LogP contribution in [0.3, 0.4) is 0 Å². The van der Waals surface area contributed by atoms with Gasteiger partial charge in [0, 0.05) is 18.1 Å². The van der Waals surface area contributed by atoms with Gasteiger partial charge in [0.1, 0.15) is 6.04 Å². The van der Waals surface area contributed by atoms with Gasteiger partial charge >= 0.3 is 0 Å². The van der Waals surface area contributed by atoms with Gasteiger partial charge in [0.25, 0.3) is 11.8 Å². The Morgan fingerprint density at radius 2 is 1.81 bits per heavy atom. The van der Waals surface area contributed by atoms with Crippen LogP contribution in [0.1, 0.15) is 20.0 Å². The van der Waals surface area contributed by atoms with Crippen LogP contribution in [0.25, 0.3) is 11.1 Å². The minimum absolute atomic E-state index is 0.110. The van der Waals surface area contributed by atoms with Crippen LogP contribution >= 0.6 is 22.9 Å². The van der Waals surface area contributed by atoms with Crippen molar-refractivity contribution >= 4 is 46.3 Å². The molecule has 1 aromatic heterocycles. The van der Waals surface area contributed by atoms with Crippen LogP contribution in [0.15, 0.2) is 60.0 Å². The first kappa shape index (κ1) is 19.8. The minimum Gasteiger partial charge on any atom is -0.334 e. The molecule has 3 amide bonds. The smallest absolute Gasteiger partial charge is 0.264 e.